The average Bonchev–Trinajstić information content (AvgIpc) is 2.76. The number of rotatable bonds is 5. The number of nitrogens with two attached hydrogens (primary N) is 1. The van der Waals surface area contributed by atoms with E-state index < -0.39 is 0 Å². The van der Waals surface area contributed by atoms with Crippen molar-refractivity contribution in [3.05, 3.63) is 40.1 Å². The average molecular weight is 276 g/mol. The molecule has 2 rings (SSSR count). The lowest BCUT2D eigenvalue weighted by Gasteiger charge is -2.15. The van der Waals surface area contributed by atoms with Crippen molar-refractivity contribution >= 4 is 22.7 Å². The molecule has 19 heavy (non-hydrogen) atoms. The molecule has 3 nitrogen and oxygen atoms in total. The summed E-state index contributed by atoms with van der Waals surface area (Å²) in [5.74, 6) is 0.738. The Morgan fingerprint density at radius 3 is 2.68 bits per heavy atom. The summed E-state index contributed by atoms with van der Waals surface area (Å²) in [7, 11) is 0. The molecule has 102 valence electrons. The van der Waals surface area contributed by atoms with Crippen molar-refractivity contribution in [1.29, 1.82) is 0 Å². The lowest BCUT2D eigenvalue weighted by atomic mass is 10.2. The smallest absolute Gasteiger partial charge is 0.144 e. The second-order valence-corrected chi connectivity index (χ2v) is 6.12. The summed E-state index contributed by atoms with van der Waals surface area (Å²) in [6.45, 7) is 6.88. The fourth-order valence-corrected chi connectivity index (χ4v) is 2.65. The summed E-state index contributed by atoms with van der Waals surface area (Å²) >= 11 is 1.79. The first-order chi connectivity index (χ1) is 9.06. The highest BCUT2D eigenvalue weighted by molar-refractivity contribution is 7.11. The summed E-state index contributed by atoms with van der Waals surface area (Å²) < 4.78 is 5.68. The molecule has 3 N–H and O–H groups in total. The standard InChI is InChI=1S/C15H20N2OS/c1-10(2)18-14-6-4-5-13(15(14)16)17-9-12-8-7-11(3)19-12/h4-8,10,17H,9,16H2,1-3H3. The van der Waals surface area contributed by atoms with Crippen molar-refractivity contribution in [3.8, 4) is 5.75 Å². The number of ether oxygens (including phenoxy) is 1. The predicted molar refractivity (Wildman–Crippen MR) is 83.0 cm³/mol. The van der Waals surface area contributed by atoms with Crippen LogP contribution in [0.5, 0.6) is 5.75 Å². The van der Waals surface area contributed by atoms with Gasteiger partial charge >= 0.3 is 0 Å². The van der Waals surface area contributed by atoms with E-state index in [4.69, 9.17) is 10.5 Å². The number of anilines is 2. The minimum Gasteiger partial charge on any atom is -0.489 e. The van der Waals surface area contributed by atoms with E-state index in [1.165, 1.54) is 9.75 Å². The summed E-state index contributed by atoms with van der Waals surface area (Å²) in [6, 6.07) is 10.1. The van der Waals surface area contributed by atoms with Gasteiger partial charge in [0, 0.05) is 16.3 Å². The molecule has 0 fully saturated rings. The molecule has 1 aromatic heterocycles. The van der Waals surface area contributed by atoms with Crippen LogP contribution in [0.25, 0.3) is 0 Å². The summed E-state index contributed by atoms with van der Waals surface area (Å²) in [6.07, 6.45) is 0.123. The molecule has 0 saturated carbocycles. The van der Waals surface area contributed by atoms with E-state index in [9.17, 15) is 0 Å². The van der Waals surface area contributed by atoms with Crippen molar-refractivity contribution in [2.75, 3.05) is 11.1 Å². The largest absolute Gasteiger partial charge is 0.489 e. The number of benzene rings is 1. The van der Waals surface area contributed by atoms with Crippen LogP contribution in [-0.2, 0) is 6.54 Å². The topological polar surface area (TPSA) is 47.3 Å². The Labute approximate surface area is 118 Å². The van der Waals surface area contributed by atoms with E-state index in [-0.39, 0.29) is 6.10 Å². The Balaban J connectivity index is 2.08. The van der Waals surface area contributed by atoms with E-state index in [0.717, 1.165) is 18.0 Å². The molecule has 1 aromatic carbocycles. The maximum Gasteiger partial charge on any atom is 0.144 e. The number of nitrogen functional groups attached to an aromatic ring is 1. The first-order valence-corrected chi connectivity index (χ1v) is 7.22. The molecule has 4 heteroatoms. The minimum absolute atomic E-state index is 0.123. The van der Waals surface area contributed by atoms with Crippen molar-refractivity contribution in [2.45, 2.75) is 33.4 Å². The molecule has 0 saturated heterocycles. The number of para-hydroxylation sites is 1. The van der Waals surface area contributed by atoms with Crippen LogP contribution in [0.3, 0.4) is 0 Å². The van der Waals surface area contributed by atoms with Gasteiger partial charge < -0.3 is 15.8 Å². The molecule has 0 aliphatic heterocycles. The van der Waals surface area contributed by atoms with Crippen LogP contribution in [0.15, 0.2) is 30.3 Å². The minimum atomic E-state index is 0.123. The van der Waals surface area contributed by atoms with Gasteiger partial charge in [-0.2, -0.15) is 0 Å². The predicted octanol–water partition coefficient (Wildman–Crippen LogP) is 4.04. The van der Waals surface area contributed by atoms with Gasteiger partial charge in [-0.1, -0.05) is 6.07 Å². The summed E-state index contributed by atoms with van der Waals surface area (Å²) in [4.78, 5) is 2.62. The van der Waals surface area contributed by atoms with Crippen LogP contribution in [-0.4, -0.2) is 6.10 Å². The van der Waals surface area contributed by atoms with E-state index in [1.807, 2.05) is 32.0 Å². The highest BCUT2D eigenvalue weighted by atomic mass is 32.1. The van der Waals surface area contributed by atoms with Crippen LogP contribution < -0.4 is 15.8 Å². The molecule has 0 unspecified atom stereocenters. The normalized spacial score (nSPS) is 10.7. The fourth-order valence-electron chi connectivity index (χ4n) is 1.82. The van der Waals surface area contributed by atoms with Crippen molar-refractivity contribution in [3.63, 3.8) is 0 Å². The van der Waals surface area contributed by atoms with Gasteiger partial charge in [-0.05, 0) is 45.0 Å². The molecule has 0 amide bonds. The third-order valence-electron chi connectivity index (χ3n) is 2.68. The second-order valence-electron chi connectivity index (χ2n) is 4.75. The zero-order chi connectivity index (χ0) is 13.8. The van der Waals surface area contributed by atoms with Crippen LogP contribution >= 0.6 is 11.3 Å². The Kier molecular flexibility index (Phi) is 4.32. The highest BCUT2D eigenvalue weighted by Gasteiger charge is 2.07. The lowest BCUT2D eigenvalue weighted by molar-refractivity contribution is 0.244. The maximum atomic E-state index is 6.12. The maximum absolute atomic E-state index is 6.12. The van der Waals surface area contributed by atoms with Gasteiger partial charge in [-0.3, -0.25) is 0 Å². The molecule has 0 bridgehead atoms. The Morgan fingerprint density at radius 2 is 2.05 bits per heavy atom. The molecule has 0 aliphatic carbocycles. The number of aryl methyl sites for hydroxylation is 1. The molecule has 0 aliphatic rings. The molecule has 1 heterocycles. The van der Waals surface area contributed by atoms with Gasteiger partial charge in [0.2, 0.25) is 0 Å². The molecular weight excluding hydrogens is 256 g/mol. The summed E-state index contributed by atoms with van der Waals surface area (Å²) in [5.41, 5.74) is 7.71. The van der Waals surface area contributed by atoms with Crippen molar-refractivity contribution < 1.29 is 4.74 Å². The van der Waals surface area contributed by atoms with Gasteiger partial charge in [0.05, 0.1) is 17.5 Å². The fraction of sp³-hybridized carbons (Fsp3) is 0.333. The lowest BCUT2D eigenvalue weighted by Crippen LogP contribution is -2.09. The van der Waals surface area contributed by atoms with E-state index in [2.05, 4.69) is 24.4 Å². The van der Waals surface area contributed by atoms with Crippen molar-refractivity contribution in [2.24, 2.45) is 0 Å². The molecule has 2 aromatic rings. The number of nitrogens with one attached hydrogen (secondary N) is 1. The molecule has 0 spiro atoms. The molecule has 0 atom stereocenters. The Bertz CT molecular complexity index is 549. The summed E-state index contributed by atoms with van der Waals surface area (Å²) in [5, 5.41) is 3.36. The van der Waals surface area contributed by atoms with Crippen LogP contribution in [0, 0.1) is 6.92 Å². The first-order valence-electron chi connectivity index (χ1n) is 6.40. The van der Waals surface area contributed by atoms with Crippen LogP contribution in [0.4, 0.5) is 11.4 Å². The molecule has 0 radical (unpaired) electrons. The third kappa shape index (κ3) is 3.64. The van der Waals surface area contributed by atoms with Gasteiger partial charge in [0.25, 0.3) is 0 Å². The van der Waals surface area contributed by atoms with Crippen LogP contribution in [0.1, 0.15) is 23.6 Å². The van der Waals surface area contributed by atoms with E-state index >= 15 is 0 Å². The van der Waals surface area contributed by atoms with Gasteiger partial charge in [0.15, 0.2) is 0 Å². The van der Waals surface area contributed by atoms with Gasteiger partial charge in [-0.15, -0.1) is 11.3 Å². The second kappa shape index (κ2) is 5.97. The Morgan fingerprint density at radius 1 is 1.26 bits per heavy atom. The van der Waals surface area contributed by atoms with Crippen molar-refractivity contribution in [1.82, 2.24) is 0 Å². The van der Waals surface area contributed by atoms with Gasteiger partial charge in [0.1, 0.15) is 5.75 Å². The van der Waals surface area contributed by atoms with E-state index in [1.54, 1.807) is 11.3 Å². The number of hydrogen-bond donors (Lipinski definition) is 2. The quantitative estimate of drug-likeness (QED) is 0.810. The SMILES string of the molecule is Cc1ccc(CNc2cccc(OC(C)C)c2N)s1. The zero-order valence-electron chi connectivity index (χ0n) is 11.6. The number of thiophene rings is 1. The third-order valence-corrected chi connectivity index (χ3v) is 3.68. The number of hydrogen-bond acceptors (Lipinski definition) is 4. The Hall–Kier alpha value is -1.68. The van der Waals surface area contributed by atoms with Gasteiger partial charge in [-0.25, -0.2) is 0 Å². The zero-order valence-corrected chi connectivity index (χ0v) is 12.4. The highest BCUT2D eigenvalue weighted by Crippen LogP contribution is 2.30. The van der Waals surface area contributed by atoms with Crippen LogP contribution in [0.2, 0.25) is 0 Å². The molecular formula is C15H20N2OS. The monoisotopic (exact) mass is 276 g/mol. The van der Waals surface area contributed by atoms with E-state index in [0.29, 0.717) is 5.69 Å². The first kappa shape index (κ1) is 13.7.